The van der Waals surface area contributed by atoms with Crippen LogP contribution in [-0.2, 0) is 14.4 Å². The largest absolute Gasteiger partial charge is 0.389 e. The Morgan fingerprint density at radius 2 is 2.00 bits per heavy atom. The van der Waals surface area contributed by atoms with Gasteiger partial charge >= 0.3 is 0 Å². The molecule has 0 bridgehead atoms. The molecule has 36 heavy (non-hydrogen) atoms. The van der Waals surface area contributed by atoms with Crippen molar-refractivity contribution in [1.29, 1.82) is 0 Å². The molecule has 1 aromatic carbocycles. The highest BCUT2D eigenvalue weighted by Gasteiger charge is 2.50. The number of rotatable bonds is 7. The van der Waals surface area contributed by atoms with Gasteiger partial charge in [0.2, 0.25) is 5.91 Å². The Morgan fingerprint density at radius 1 is 1.19 bits per heavy atom. The molecular weight excluding hydrogens is 489 g/mol. The molecule has 5 rings (SSSR count). The van der Waals surface area contributed by atoms with Crippen LogP contribution in [0.5, 0.6) is 0 Å². The molecule has 0 spiro atoms. The SMILES string of the molecule is O=C1CCC[C@H]1C[C@H](NC(=O)[C@@H]1[C@H]2CCC[C@H]2CN1C(=O)c1cc2c(Cl)cc(F)cc2[nH]1)C(=O)CO. The summed E-state index contributed by atoms with van der Waals surface area (Å²) in [4.78, 5) is 56.3. The number of ketones is 2. The van der Waals surface area contributed by atoms with Gasteiger partial charge < -0.3 is 20.3 Å². The van der Waals surface area contributed by atoms with Gasteiger partial charge in [0.15, 0.2) is 5.78 Å². The smallest absolute Gasteiger partial charge is 0.271 e. The first-order valence-corrected chi connectivity index (χ1v) is 12.9. The van der Waals surface area contributed by atoms with Crippen molar-refractivity contribution < 1.29 is 28.7 Å². The zero-order valence-electron chi connectivity index (χ0n) is 19.8. The van der Waals surface area contributed by atoms with Crippen molar-refractivity contribution in [1.82, 2.24) is 15.2 Å². The number of carbonyl (C=O) groups excluding carboxylic acids is 4. The fourth-order valence-electron chi connectivity index (χ4n) is 6.34. The van der Waals surface area contributed by atoms with E-state index < -0.39 is 42.1 Å². The predicted molar refractivity (Wildman–Crippen MR) is 130 cm³/mol. The van der Waals surface area contributed by atoms with Crippen LogP contribution in [0.15, 0.2) is 18.2 Å². The van der Waals surface area contributed by atoms with Crippen molar-refractivity contribution in [2.45, 2.75) is 57.0 Å². The number of amides is 2. The number of nitrogens with zero attached hydrogens (tertiary/aromatic N) is 1. The van der Waals surface area contributed by atoms with Crippen LogP contribution in [0.1, 0.15) is 55.4 Å². The lowest BCUT2D eigenvalue weighted by Crippen LogP contribution is -2.53. The average Bonchev–Trinajstić information content (AvgIpc) is 3.61. The predicted octanol–water partition coefficient (Wildman–Crippen LogP) is 3.01. The molecule has 192 valence electrons. The molecule has 3 N–H and O–H groups in total. The number of aromatic nitrogens is 1. The standard InChI is InChI=1S/C26H29ClFN3O5/c27-18-8-15(28)9-19-17(18)10-21(29-19)26(36)31-11-14-4-1-5-16(14)24(31)25(35)30-20(23(34)12-32)7-13-3-2-6-22(13)33/h8-10,13-14,16,20,24,29,32H,1-7,11-12H2,(H,30,35)/t13-,14-,16-,20-,24-/m0/s1. The molecule has 8 nitrogen and oxygen atoms in total. The zero-order chi connectivity index (χ0) is 25.6. The van der Waals surface area contributed by atoms with E-state index in [-0.39, 0.29) is 40.7 Å². The van der Waals surface area contributed by atoms with E-state index in [0.29, 0.717) is 30.3 Å². The molecule has 2 aliphatic carbocycles. The van der Waals surface area contributed by atoms with Crippen molar-refractivity contribution in [3.8, 4) is 0 Å². The Bertz CT molecular complexity index is 1230. The minimum Gasteiger partial charge on any atom is -0.389 e. The Kier molecular flexibility index (Phi) is 6.87. The van der Waals surface area contributed by atoms with Crippen LogP contribution in [0.25, 0.3) is 10.9 Å². The zero-order valence-corrected chi connectivity index (χ0v) is 20.5. The second kappa shape index (κ2) is 9.94. The highest BCUT2D eigenvalue weighted by molar-refractivity contribution is 6.35. The fraction of sp³-hybridized carbons (Fsp3) is 0.538. The maximum absolute atomic E-state index is 13.8. The maximum atomic E-state index is 13.8. The summed E-state index contributed by atoms with van der Waals surface area (Å²) in [5.74, 6) is -2.04. The molecule has 2 saturated carbocycles. The molecule has 1 aliphatic heterocycles. The molecule has 3 fully saturated rings. The van der Waals surface area contributed by atoms with Crippen molar-refractivity contribution >= 4 is 45.9 Å². The number of H-pyrrole nitrogens is 1. The van der Waals surface area contributed by atoms with Crippen molar-refractivity contribution in [3.63, 3.8) is 0 Å². The summed E-state index contributed by atoms with van der Waals surface area (Å²) in [6, 6.07) is 2.23. The minimum absolute atomic E-state index is 0.0441. The molecule has 1 aromatic heterocycles. The average molecular weight is 518 g/mol. The third-order valence-corrected chi connectivity index (χ3v) is 8.43. The van der Waals surface area contributed by atoms with Crippen LogP contribution in [-0.4, -0.2) is 63.6 Å². The molecule has 1 saturated heterocycles. The van der Waals surface area contributed by atoms with E-state index in [0.717, 1.165) is 25.7 Å². The lowest BCUT2D eigenvalue weighted by molar-refractivity contribution is -0.133. The van der Waals surface area contributed by atoms with Gasteiger partial charge in [0.25, 0.3) is 5.91 Å². The molecular formula is C26H29ClFN3O5. The van der Waals surface area contributed by atoms with E-state index in [9.17, 15) is 28.7 Å². The Balaban J connectivity index is 1.40. The van der Waals surface area contributed by atoms with E-state index in [1.807, 2.05) is 0 Å². The number of halogens is 2. The summed E-state index contributed by atoms with van der Waals surface area (Å²) in [5.41, 5.74) is 0.591. The van der Waals surface area contributed by atoms with Gasteiger partial charge in [0.05, 0.1) is 16.6 Å². The van der Waals surface area contributed by atoms with Crippen LogP contribution in [0.2, 0.25) is 5.02 Å². The molecule has 2 heterocycles. The number of hydrogen-bond donors (Lipinski definition) is 3. The topological polar surface area (TPSA) is 120 Å². The molecule has 0 radical (unpaired) electrons. The second-order valence-corrected chi connectivity index (χ2v) is 10.7. The number of nitrogens with one attached hydrogen (secondary N) is 2. The van der Waals surface area contributed by atoms with Crippen LogP contribution in [0, 0.1) is 23.6 Å². The van der Waals surface area contributed by atoms with Gasteiger partial charge in [-0.25, -0.2) is 4.39 Å². The normalized spacial score (nSPS) is 26.4. The summed E-state index contributed by atoms with van der Waals surface area (Å²) in [5, 5.41) is 12.9. The number of aromatic amines is 1. The molecule has 2 aromatic rings. The van der Waals surface area contributed by atoms with E-state index in [1.165, 1.54) is 17.0 Å². The minimum atomic E-state index is -0.984. The fourth-order valence-corrected chi connectivity index (χ4v) is 6.60. The number of likely N-dealkylation sites (tertiary alicyclic amines) is 1. The van der Waals surface area contributed by atoms with E-state index in [2.05, 4.69) is 10.3 Å². The Hall–Kier alpha value is -2.78. The summed E-state index contributed by atoms with van der Waals surface area (Å²) < 4.78 is 13.8. The molecule has 3 aliphatic rings. The second-order valence-electron chi connectivity index (χ2n) is 10.3. The number of Topliss-reactive ketones (excluding diaryl/α,β-unsaturated/α-hetero) is 2. The van der Waals surface area contributed by atoms with Gasteiger partial charge in [-0.05, 0) is 62.1 Å². The summed E-state index contributed by atoms with van der Waals surface area (Å²) in [6.45, 7) is -0.337. The van der Waals surface area contributed by atoms with Gasteiger partial charge in [-0.15, -0.1) is 0 Å². The van der Waals surface area contributed by atoms with Crippen molar-refractivity contribution in [3.05, 3.63) is 34.7 Å². The Morgan fingerprint density at radius 3 is 2.72 bits per heavy atom. The summed E-state index contributed by atoms with van der Waals surface area (Å²) in [7, 11) is 0. The van der Waals surface area contributed by atoms with Crippen LogP contribution in [0.3, 0.4) is 0 Å². The van der Waals surface area contributed by atoms with Gasteiger partial charge in [-0.3, -0.25) is 19.2 Å². The highest BCUT2D eigenvalue weighted by atomic mass is 35.5. The summed E-state index contributed by atoms with van der Waals surface area (Å²) >= 11 is 6.15. The molecule has 0 unspecified atom stereocenters. The third-order valence-electron chi connectivity index (χ3n) is 8.11. The van der Waals surface area contributed by atoms with Crippen molar-refractivity contribution in [2.24, 2.45) is 17.8 Å². The third kappa shape index (κ3) is 4.54. The van der Waals surface area contributed by atoms with E-state index >= 15 is 0 Å². The van der Waals surface area contributed by atoms with Gasteiger partial charge in [-0.1, -0.05) is 18.0 Å². The van der Waals surface area contributed by atoms with Gasteiger partial charge in [-0.2, -0.15) is 0 Å². The number of carbonyl (C=O) groups is 4. The monoisotopic (exact) mass is 517 g/mol. The Labute approximate surface area is 212 Å². The maximum Gasteiger partial charge on any atom is 0.271 e. The first-order chi connectivity index (χ1) is 17.3. The summed E-state index contributed by atoms with van der Waals surface area (Å²) in [6.07, 6.45) is 4.68. The molecule has 10 heteroatoms. The van der Waals surface area contributed by atoms with Crippen LogP contribution in [0.4, 0.5) is 4.39 Å². The first kappa shape index (κ1) is 24.9. The number of aliphatic hydroxyl groups excluding tert-OH is 1. The number of benzene rings is 1. The molecule has 5 atom stereocenters. The number of hydrogen-bond acceptors (Lipinski definition) is 5. The highest BCUT2D eigenvalue weighted by Crippen LogP contribution is 2.43. The van der Waals surface area contributed by atoms with E-state index in [4.69, 9.17) is 11.6 Å². The van der Waals surface area contributed by atoms with Gasteiger partial charge in [0.1, 0.15) is 29.9 Å². The van der Waals surface area contributed by atoms with Gasteiger partial charge in [0, 0.05) is 24.3 Å². The quantitative estimate of drug-likeness (QED) is 0.521. The number of fused-ring (bicyclic) bond motifs is 2. The van der Waals surface area contributed by atoms with E-state index in [1.54, 1.807) is 6.07 Å². The van der Waals surface area contributed by atoms with Crippen LogP contribution < -0.4 is 5.32 Å². The lowest BCUT2D eigenvalue weighted by Gasteiger charge is -2.29. The number of aliphatic hydroxyl groups is 1. The van der Waals surface area contributed by atoms with Crippen molar-refractivity contribution in [2.75, 3.05) is 13.2 Å². The first-order valence-electron chi connectivity index (χ1n) is 12.5. The molecule has 2 amide bonds. The lowest BCUT2D eigenvalue weighted by atomic mass is 9.91. The van der Waals surface area contributed by atoms with Crippen LogP contribution >= 0.6 is 11.6 Å².